The molecule has 0 saturated carbocycles. The van der Waals surface area contributed by atoms with E-state index in [-0.39, 0.29) is 23.4 Å². The Morgan fingerprint density at radius 2 is 1.71 bits per heavy atom. The summed E-state index contributed by atoms with van der Waals surface area (Å²) < 4.78 is 38.2. The van der Waals surface area contributed by atoms with Gasteiger partial charge in [-0.3, -0.25) is 9.10 Å². The molecule has 0 bridgehead atoms. The lowest BCUT2D eigenvalue weighted by atomic mass is 10.2. The molecule has 0 aromatic heterocycles. The molecule has 2 aromatic rings. The van der Waals surface area contributed by atoms with Crippen molar-refractivity contribution in [1.82, 2.24) is 5.32 Å². The first kappa shape index (κ1) is 21.6. The number of carbonyl (C=O) groups is 1. The van der Waals surface area contributed by atoms with Gasteiger partial charge in [-0.1, -0.05) is 25.1 Å². The summed E-state index contributed by atoms with van der Waals surface area (Å²) in [5.41, 5.74) is 0.400. The maximum atomic E-state index is 13.3. The van der Waals surface area contributed by atoms with Gasteiger partial charge in [-0.15, -0.1) is 0 Å². The fourth-order valence-electron chi connectivity index (χ4n) is 2.57. The van der Waals surface area contributed by atoms with Gasteiger partial charge in [0.2, 0.25) is 5.91 Å². The largest absolute Gasteiger partial charge is 0.493 e. The zero-order valence-corrected chi connectivity index (χ0v) is 17.3. The number of nitrogens with one attached hydrogen (secondary N) is 1. The summed E-state index contributed by atoms with van der Waals surface area (Å²) in [5.74, 6) is 0.338. The minimum atomic E-state index is -4.01. The summed E-state index contributed by atoms with van der Waals surface area (Å²) >= 11 is 0. The third kappa shape index (κ3) is 4.95. The summed E-state index contributed by atoms with van der Waals surface area (Å²) in [6.45, 7) is 3.49. The highest BCUT2D eigenvalue weighted by Gasteiger charge is 2.28. The molecule has 28 heavy (non-hydrogen) atoms. The molecule has 1 unspecified atom stereocenters. The molecular formula is C20H26N2O5S. The van der Waals surface area contributed by atoms with E-state index < -0.39 is 10.0 Å². The monoisotopic (exact) mass is 406 g/mol. The number of anilines is 1. The average molecular weight is 407 g/mol. The first-order valence-electron chi connectivity index (χ1n) is 8.92. The van der Waals surface area contributed by atoms with Crippen molar-refractivity contribution in [2.75, 3.05) is 25.1 Å². The molecule has 0 aliphatic heterocycles. The van der Waals surface area contributed by atoms with Crippen LogP contribution in [-0.2, 0) is 14.8 Å². The van der Waals surface area contributed by atoms with Crippen molar-refractivity contribution in [2.45, 2.75) is 31.2 Å². The SMILES string of the molecule is CCC(C)NC(=O)CN(c1ccccc1)S(=O)(=O)c1ccc(OC)c(OC)c1. The lowest BCUT2D eigenvalue weighted by molar-refractivity contribution is -0.120. The third-order valence-corrected chi connectivity index (χ3v) is 6.06. The second-order valence-electron chi connectivity index (χ2n) is 6.24. The van der Waals surface area contributed by atoms with Crippen molar-refractivity contribution in [3.05, 3.63) is 48.5 Å². The topological polar surface area (TPSA) is 84.9 Å². The van der Waals surface area contributed by atoms with E-state index in [1.54, 1.807) is 30.3 Å². The molecule has 0 saturated heterocycles. The molecule has 0 radical (unpaired) electrons. The van der Waals surface area contributed by atoms with E-state index in [0.717, 1.165) is 10.7 Å². The van der Waals surface area contributed by atoms with E-state index in [4.69, 9.17) is 9.47 Å². The van der Waals surface area contributed by atoms with Gasteiger partial charge in [0.25, 0.3) is 10.0 Å². The van der Waals surface area contributed by atoms with Gasteiger partial charge >= 0.3 is 0 Å². The van der Waals surface area contributed by atoms with E-state index in [2.05, 4.69) is 5.32 Å². The molecule has 1 amide bonds. The van der Waals surface area contributed by atoms with E-state index in [0.29, 0.717) is 17.2 Å². The zero-order chi connectivity index (χ0) is 20.7. The highest BCUT2D eigenvalue weighted by Crippen LogP contribution is 2.32. The maximum absolute atomic E-state index is 13.3. The first-order valence-corrected chi connectivity index (χ1v) is 10.4. The molecule has 1 N–H and O–H groups in total. The summed E-state index contributed by atoms with van der Waals surface area (Å²) in [7, 11) is -1.11. The van der Waals surface area contributed by atoms with Gasteiger partial charge in [0.05, 0.1) is 24.8 Å². The quantitative estimate of drug-likeness (QED) is 0.692. The second-order valence-corrected chi connectivity index (χ2v) is 8.10. The summed E-state index contributed by atoms with van der Waals surface area (Å²) in [5, 5.41) is 2.80. The van der Waals surface area contributed by atoms with E-state index >= 15 is 0 Å². The number of sulfonamides is 1. The Morgan fingerprint density at radius 1 is 1.07 bits per heavy atom. The van der Waals surface area contributed by atoms with Crippen molar-refractivity contribution < 1.29 is 22.7 Å². The minimum Gasteiger partial charge on any atom is -0.493 e. The van der Waals surface area contributed by atoms with Gasteiger partial charge in [-0.2, -0.15) is 0 Å². The number of methoxy groups -OCH3 is 2. The first-order chi connectivity index (χ1) is 13.3. The van der Waals surface area contributed by atoms with Crippen molar-refractivity contribution in [2.24, 2.45) is 0 Å². The molecule has 2 aromatic carbocycles. The van der Waals surface area contributed by atoms with Crippen LogP contribution in [-0.4, -0.2) is 41.1 Å². The van der Waals surface area contributed by atoms with Crippen LogP contribution in [0.3, 0.4) is 0 Å². The van der Waals surface area contributed by atoms with Gasteiger partial charge in [0, 0.05) is 12.1 Å². The second kappa shape index (κ2) is 9.45. The highest BCUT2D eigenvalue weighted by atomic mass is 32.2. The number of benzene rings is 2. The fourth-order valence-corrected chi connectivity index (χ4v) is 4.00. The normalized spacial score (nSPS) is 12.1. The van der Waals surface area contributed by atoms with E-state index in [1.165, 1.54) is 32.4 Å². The minimum absolute atomic E-state index is 0.00495. The van der Waals surface area contributed by atoms with Crippen molar-refractivity contribution in [1.29, 1.82) is 0 Å². The van der Waals surface area contributed by atoms with Gasteiger partial charge in [-0.05, 0) is 37.6 Å². The molecule has 7 nitrogen and oxygen atoms in total. The maximum Gasteiger partial charge on any atom is 0.264 e. The molecule has 152 valence electrons. The van der Waals surface area contributed by atoms with Crippen LogP contribution in [0.15, 0.2) is 53.4 Å². The smallest absolute Gasteiger partial charge is 0.264 e. The number of ether oxygens (including phenoxy) is 2. The van der Waals surface area contributed by atoms with Gasteiger partial charge < -0.3 is 14.8 Å². The Kier molecular flexibility index (Phi) is 7.28. The predicted molar refractivity (Wildman–Crippen MR) is 108 cm³/mol. The van der Waals surface area contributed by atoms with Crippen LogP contribution >= 0.6 is 0 Å². The molecule has 0 aliphatic carbocycles. The van der Waals surface area contributed by atoms with Gasteiger partial charge in [0.1, 0.15) is 6.54 Å². The number of nitrogens with zero attached hydrogens (tertiary/aromatic N) is 1. The Labute approximate surface area is 166 Å². The predicted octanol–water partition coefficient (Wildman–Crippen LogP) is 2.81. The van der Waals surface area contributed by atoms with Crippen molar-refractivity contribution >= 4 is 21.6 Å². The Hall–Kier alpha value is -2.74. The zero-order valence-electron chi connectivity index (χ0n) is 16.5. The van der Waals surface area contributed by atoms with Crippen LogP contribution in [0.5, 0.6) is 11.5 Å². The average Bonchev–Trinajstić information content (AvgIpc) is 2.71. The highest BCUT2D eigenvalue weighted by molar-refractivity contribution is 7.92. The van der Waals surface area contributed by atoms with Crippen molar-refractivity contribution in [3.8, 4) is 11.5 Å². The van der Waals surface area contributed by atoms with E-state index in [1.807, 2.05) is 13.8 Å². The van der Waals surface area contributed by atoms with Crippen LogP contribution in [0.2, 0.25) is 0 Å². The molecule has 0 fully saturated rings. The molecule has 8 heteroatoms. The Bertz CT molecular complexity index is 900. The van der Waals surface area contributed by atoms with Crippen LogP contribution < -0.4 is 19.1 Å². The standard InChI is InChI=1S/C20H26N2O5S/c1-5-15(2)21-20(23)14-22(16-9-7-6-8-10-16)28(24,25)17-11-12-18(26-3)19(13-17)27-4/h6-13,15H,5,14H2,1-4H3,(H,21,23). The molecule has 1 atom stereocenters. The van der Waals surface area contributed by atoms with E-state index in [9.17, 15) is 13.2 Å². The number of hydrogen-bond donors (Lipinski definition) is 1. The molecule has 0 aliphatic rings. The van der Waals surface area contributed by atoms with Crippen LogP contribution in [0.4, 0.5) is 5.69 Å². The molecular weight excluding hydrogens is 380 g/mol. The molecule has 0 spiro atoms. The van der Waals surface area contributed by atoms with Crippen LogP contribution in [0, 0.1) is 0 Å². The summed E-state index contributed by atoms with van der Waals surface area (Å²) in [6, 6.07) is 12.8. The number of rotatable bonds is 9. The van der Waals surface area contributed by atoms with Gasteiger partial charge in [-0.25, -0.2) is 8.42 Å². The fraction of sp³-hybridized carbons (Fsp3) is 0.350. The lowest BCUT2D eigenvalue weighted by Crippen LogP contribution is -2.43. The Balaban J connectivity index is 2.45. The van der Waals surface area contributed by atoms with Gasteiger partial charge in [0.15, 0.2) is 11.5 Å². The number of amides is 1. The molecule has 2 rings (SSSR count). The summed E-state index contributed by atoms with van der Waals surface area (Å²) in [6.07, 6.45) is 0.750. The number of carbonyl (C=O) groups excluding carboxylic acids is 1. The molecule has 0 heterocycles. The Morgan fingerprint density at radius 3 is 2.29 bits per heavy atom. The van der Waals surface area contributed by atoms with Crippen LogP contribution in [0.25, 0.3) is 0 Å². The number of hydrogen-bond acceptors (Lipinski definition) is 5. The third-order valence-electron chi connectivity index (χ3n) is 4.29. The lowest BCUT2D eigenvalue weighted by Gasteiger charge is -2.25. The summed E-state index contributed by atoms with van der Waals surface area (Å²) in [4.78, 5) is 12.4. The number of para-hydroxylation sites is 1. The van der Waals surface area contributed by atoms with Crippen molar-refractivity contribution in [3.63, 3.8) is 0 Å². The van der Waals surface area contributed by atoms with Crippen LogP contribution in [0.1, 0.15) is 20.3 Å².